The van der Waals surface area contributed by atoms with Gasteiger partial charge < -0.3 is 15.4 Å². The third-order valence-electron chi connectivity index (χ3n) is 4.62. The molecule has 9 heteroatoms. The standard InChI is InChI=1S/C21H27N3O5S/c1-5-24(6-2)30(27,28)19-13-17(10-11-18(19)29-4)21(26)23-14-15-8-7-9-16(12-15)20(25)22-3/h7-13H,5-6,14H2,1-4H3,(H,22,25)(H,23,26). The largest absolute Gasteiger partial charge is 0.495 e. The molecule has 2 N–H and O–H groups in total. The van der Waals surface area contributed by atoms with Gasteiger partial charge in [0, 0.05) is 37.8 Å². The Hall–Kier alpha value is -2.91. The zero-order valence-electron chi connectivity index (χ0n) is 17.6. The van der Waals surface area contributed by atoms with Crippen molar-refractivity contribution >= 4 is 21.8 Å². The first-order valence-corrected chi connectivity index (χ1v) is 11.0. The lowest BCUT2D eigenvalue weighted by Gasteiger charge is -2.20. The molecule has 8 nitrogen and oxygen atoms in total. The van der Waals surface area contributed by atoms with Gasteiger partial charge in [-0.05, 0) is 35.9 Å². The summed E-state index contributed by atoms with van der Waals surface area (Å²) in [7, 11) is -0.871. The van der Waals surface area contributed by atoms with Gasteiger partial charge in [-0.15, -0.1) is 0 Å². The SMILES string of the molecule is CCN(CC)S(=O)(=O)c1cc(C(=O)NCc2cccc(C(=O)NC)c2)ccc1OC. The van der Waals surface area contributed by atoms with Gasteiger partial charge in [0.1, 0.15) is 10.6 Å². The predicted octanol–water partition coefficient (Wildman–Crippen LogP) is 2.02. The molecule has 2 rings (SSSR count). The van der Waals surface area contributed by atoms with Crippen LogP contribution < -0.4 is 15.4 Å². The van der Waals surface area contributed by atoms with Crippen molar-refractivity contribution in [3.8, 4) is 5.75 Å². The highest BCUT2D eigenvalue weighted by Gasteiger charge is 2.26. The highest BCUT2D eigenvalue weighted by molar-refractivity contribution is 7.89. The predicted molar refractivity (Wildman–Crippen MR) is 114 cm³/mol. The number of nitrogens with zero attached hydrogens (tertiary/aromatic N) is 1. The number of hydrogen-bond donors (Lipinski definition) is 2. The minimum absolute atomic E-state index is 0.0528. The maximum absolute atomic E-state index is 12.9. The van der Waals surface area contributed by atoms with E-state index < -0.39 is 15.9 Å². The van der Waals surface area contributed by atoms with E-state index in [1.807, 2.05) is 0 Å². The van der Waals surface area contributed by atoms with Gasteiger partial charge in [0.25, 0.3) is 11.8 Å². The van der Waals surface area contributed by atoms with Gasteiger partial charge >= 0.3 is 0 Å². The number of rotatable bonds is 9. The molecule has 162 valence electrons. The average molecular weight is 434 g/mol. The van der Waals surface area contributed by atoms with Crippen molar-refractivity contribution < 1.29 is 22.7 Å². The molecule has 0 aromatic heterocycles. The summed E-state index contributed by atoms with van der Waals surface area (Å²) in [5.41, 5.74) is 1.43. The van der Waals surface area contributed by atoms with E-state index in [0.717, 1.165) is 5.56 Å². The molecule has 0 bridgehead atoms. The first kappa shape index (κ1) is 23.4. The molecule has 2 amide bonds. The summed E-state index contributed by atoms with van der Waals surface area (Å²) in [6, 6.07) is 11.2. The molecular formula is C21H27N3O5S. The summed E-state index contributed by atoms with van der Waals surface area (Å²) in [5, 5.41) is 5.30. The van der Waals surface area contributed by atoms with E-state index in [0.29, 0.717) is 18.7 Å². The minimum Gasteiger partial charge on any atom is -0.495 e. The Bertz CT molecular complexity index is 1020. The van der Waals surface area contributed by atoms with Crippen molar-refractivity contribution in [2.24, 2.45) is 0 Å². The Labute approximate surface area is 177 Å². The Morgan fingerprint density at radius 2 is 1.67 bits per heavy atom. The second kappa shape index (κ2) is 10.2. The number of ether oxygens (including phenoxy) is 1. The molecule has 0 saturated carbocycles. The highest BCUT2D eigenvalue weighted by atomic mass is 32.2. The molecule has 0 atom stereocenters. The van der Waals surface area contributed by atoms with Crippen molar-refractivity contribution in [2.45, 2.75) is 25.3 Å². The van der Waals surface area contributed by atoms with E-state index in [-0.39, 0.29) is 28.7 Å². The average Bonchev–Trinajstić information content (AvgIpc) is 2.77. The fraction of sp³-hybridized carbons (Fsp3) is 0.333. The zero-order valence-corrected chi connectivity index (χ0v) is 18.4. The Balaban J connectivity index is 2.26. The molecule has 0 fully saturated rings. The van der Waals surface area contributed by atoms with Gasteiger partial charge in [-0.3, -0.25) is 9.59 Å². The van der Waals surface area contributed by atoms with Crippen LogP contribution in [-0.2, 0) is 16.6 Å². The molecule has 2 aromatic rings. The van der Waals surface area contributed by atoms with Crippen molar-refractivity contribution in [3.63, 3.8) is 0 Å². The molecule has 0 unspecified atom stereocenters. The first-order valence-electron chi connectivity index (χ1n) is 9.55. The molecule has 30 heavy (non-hydrogen) atoms. The lowest BCUT2D eigenvalue weighted by Crippen LogP contribution is -2.31. The summed E-state index contributed by atoms with van der Waals surface area (Å²) < 4.78 is 32.4. The quantitative estimate of drug-likeness (QED) is 0.630. The molecule has 0 saturated heterocycles. The van der Waals surface area contributed by atoms with E-state index in [4.69, 9.17) is 4.74 Å². The van der Waals surface area contributed by atoms with Crippen LogP contribution in [0, 0.1) is 0 Å². The van der Waals surface area contributed by atoms with E-state index in [1.165, 1.54) is 29.6 Å². The van der Waals surface area contributed by atoms with Gasteiger partial charge in [0.05, 0.1) is 7.11 Å². The summed E-state index contributed by atoms with van der Waals surface area (Å²) >= 11 is 0. The lowest BCUT2D eigenvalue weighted by molar-refractivity contribution is 0.0948. The maximum atomic E-state index is 12.9. The van der Waals surface area contributed by atoms with Gasteiger partial charge in [0.2, 0.25) is 10.0 Å². The van der Waals surface area contributed by atoms with Crippen molar-refractivity contribution in [2.75, 3.05) is 27.2 Å². The lowest BCUT2D eigenvalue weighted by atomic mass is 10.1. The van der Waals surface area contributed by atoms with Crippen molar-refractivity contribution in [1.29, 1.82) is 0 Å². The number of nitrogens with one attached hydrogen (secondary N) is 2. The molecular weight excluding hydrogens is 406 g/mol. The number of carbonyl (C=O) groups excluding carboxylic acids is 2. The highest BCUT2D eigenvalue weighted by Crippen LogP contribution is 2.28. The van der Waals surface area contributed by atoms with Crippen LogP contribution in [-0.4, -0.2) is 51.8 Å². The molecule has 0 radical (unpaired) electrons. The molecule has 2 aromatic carbocycles. The smallest absolute Gasteiger partial charge is 0.251 e. The van der Waals surface area contributed by atoms with Gasteiger partial charge in [-0.25, -0.2) is 8.42 Å². The van der Waals surface area contributed by atoms with Crippen molar-refractivity contribution in [3.05, 3.63) is 59.2 Å². The number of sulfonamides is 1. The fourth-order valence-electron chi connectivity index (χ4n) is 2.97. The number of methoxy groups -OCH3 is 1. The van der Waals surface area contributed by atoms with Gasteiger partial charge in [-0.2, -0.15) is 4.31 Å². The van der Waals surface area contributed by atoms with Crippen LogP contribution in [0.2, 0.25) is 0 Å². The van der Waals surface area contributed by atoms with Crippen LogP contribution in [0.1, 0.15) is 40.1 Å². The third kappa shape index (κ3) is 5.17. The van der Waals surface area contributed by atoms with Gasteiger partial charge in [-0.1, -0.05) is 26.0 Å². The number of carbonyl (C=O) groups is 2. The Morgan fingerprint density at radius 3 is 2.27 bits per heavy atom. The minimum atomic E-state index is -3.80. The van der Waals surface area contributed by atoms with Crippen LogP contribution >= 0.6 is 0 Å². The first-order chi connectivity index (χ1) is 14.3. The van der Waals surface area contributed by atoms with E-state index in [1.54, 1.807) is 45.2 Å². The second-order valence-electron chi connectivity index (χ2n) is 6.42. The molecule has 0 spiro atoms. The number of hydrogen-bond acceptors (Lipinski definition) is 5. The molecule has 0 aliphatic rings. The summed E-state index contributed by atoms with van der Waals surface area (Å²) in [6.45, 7) is 4.29. The Morgan fingerprint density at radius 1 is 1.00 bits per heavy atom. The molecule has 0 heterocycles. The zero-order chi connectivity index (χ0) is 22.3. The van der Waals surface area contributed by atoms with Crippen LogP contribution in [0.3, 0.4) is 0 Å². The number of amides is 2. The summed E-state index contributed by atoms with van der Waals surface area (Å²) in [6.07, 6.45) is 0. The van der Waals surface area contributed by atoms with Crippen molar-refractivity contribution in [1.82, 2.24) is 14.9 Å². The fourth-order valence-corrected chi connectivity index (χ4v) is 4.61. The normalized spacial score (nSPS) is 11.2. The van der Waals surface area contributed by atoms with Crippen LogP contribution in [0.5, 0.6) is 5.75 Å². The topological polar surface area (TPSA) is 105 Å². The second-order valence-corrected chi connectivity index (χ2v) is 8.32. The van der Waals surface area contributed by atoms with Gasteiger partial charge in [0.15, 0.2) is 0 Å². The monoisotopic (exact) mass is 433 g/mol. The van der Waals surface area contributed by atoms with Crippen LogP contribution in [0.25, 0.3) is 0 Å². The van der Waals surface area contributed by atoms with E-state index in [9.17, 15) is 18.0 Å². The van der Waals surface area contributed by atoms with E-state index in [2.05, 4.69) is 10.6 Å². The third-order valence-corrected chi connectivity index (χ3v) is 6.69. The molecule has 0 aliphatic carbocycles. The van der Waals surface area contributed by atoms with Crippen LogP contribution in [0.4, 0.5) is 0 Å². The van der Waals surface area contributed by atoms with Crippen LogP contribution in [0.15, 0.2) is 47.4 Å². The summed E-state index contributed by atoms with van der Waals surface area (Å²) in [4.78, 5) is 24.3. The molecule has 0 aliphatic heterocycles. The maximum Gasteiger partial charge on any atom is 0.251 e. The summed E-state index contributed by atoms with van der Waals surface area (Å²) in [5.74, 6) is -0.472. The van der Waals surface area contributed by atoms with E-state index >= 15 is 0 Å². The Kier molecular flexibility index (Phi) is 7.96. The number of benzene rings is 2.